The standard InChI is InChI=1S/C13H17ClFNO/c14-12-6-1-9(7-13(12)15)8-17-11-4-2-10(16)3-5-11/h1,6-7,10-11H,2-5,8,16H2. The molecule has 0 aromatic heterocycles. The maximum atomic E-state index is 13.2. The van der Waals surface area contributed by atoms with Crippen molar-refractivity contribution in [3.8, 4) is 0 Å². The molecule has 94 valence electrons. The summed E-state index contributed by atoms with van der Waals surface area (Å²) >= 11 is 5.62. The van der Waals surface area contributed by atoms with Crippen molar-refractivity contribution in [1.29, 1.82) is 0 Å². The van der Waals surface area contributed by atoms with Gasteiger partial charge in [0.15, 0.2) is 0 Å². The summed E-state index contributed by atoms with van der Waals surface area (Å²) in [5.41, 5.74) is 6.64. The molecule has 0 aliphatic heterocycles. The molecule has 2 rings (SSSR count). The molecule has 0 atom stereocenters. The minimum atomic E-state index is -0.390. The average Bonchev–Trinajstić information content (AvgIpc) is 2.33. The zero-order chi connectivity index (χ0) is 12.3. The van der Waals surface area contributed by atoms with Crippen molar-refractivity contribution in [1.82, 2.24) is 0 Å². The van der Waals surface area contributed by atoms with Gasteiger partial charge in [0, 0.05) is 6.04 Å². The van der Waals surface area contributed by atoms with E-state index in [9.17, 15) is 4.39 Å². The lowest BCUT2D eigenvalue weighted by molar-refractivity contribution is 0.0137. The second kappa shape index (κ2) is 5.80. The molecule has 1 aromatic carbocycles. The van der Waals surface area contributed by atoms with Gasteiger partial charge < -0.3 is 10.5 Å². The maximum absolute atomic E-state index is 13.2. The molecular formula is C13H17ClFNO. The van der Waals surface area contributed by atoms with Gasteiger partial charge >= 0.3 is 0 Å². The van der Waals surface area contributed by atoms with Crippen LogP contribution in [0.15, 0.2) is 18.2 Å². The molecule has 1 saturated carbocycles. The van der Waals surface area contributed by atoms with Crippen molar-refractivity contribution in [2.24, 2.45) is 5.73 Å². The molecule has 0 spiro atoms. The first-order chi connectivity index (χ1) is 8.15. The van der Waals surface area contributed by atoms with E-state index in [1.807, 2.05) is 0 Å². The monoisotopic (exact) mass is 257 g/mol. The molecule has 0 radical (unpaired) electrons. The third-order valence-corrected chi connectivity index (χ3v) is 3.50. The number of ether oxygens (including phenoxy) is 1. The van der Waals surface area contributed by atoms with Crippen LogP contribution in [-0.2, 0) is 11.3 Å². The Morgan fingerprint density at radius 3 is 2.65 bits per heavy atom. The van der Waals surface area contributed by atoms with Crippen molar-refractivity contribution < 1.29 is 9.13 Å². The van der Waals surface area contributed by atoms with Crippen molar-refractivity contribution in [3.63, 3.8) is 0 Å². The second-order valence-corrected chi connectivity index (χ2v) is 5.00. The molecule has 1 aliphatic rings. The highest BCUT2D eigenvalue weighted by molar-refractivity contribution is 6.30. The molecule has 0 heterocycles. The largest absolute Gasteiger partial charge is 0.374 e. The molecule has 2 N–H and O–H groups in total. The second-order valence-electron chi connectivity index (χ2n) is 4.60. The van der Waals surface area contributed by atoms with Crippen molar-refractivity contribution in [3.05, 3.63) is 34.6 Å². The van der Waals surface area contributed by atoms with Crippen LogP contribution in [0, 0.1) is 5.82 Å². The summed E-state index contributed by atoms with van der Waals surface area (Å²) in [6.45, 7) is 0.438. The van der Waals surface area contributed by atoms with Gasteiger partial charge in [-0.2, -0.15) is 0 Å². The lowest BCUT2D eigenvalue weighted by atomic mass is 9.94. The van der Waals surface area contributed by atoms with E-state index in [2.05, 4.69) is 0 Å². The van der Waals surface area contributed by atoms with E-state index in [4.69, 9.17) is 22.1 Å². The Bertz CT molecular complexity index is 378. The zero-order valence-corrected chi connectivity index (χ0v) is 10.4. The van der Waals surface area contributed by atoms with Gasteiger partial charge in [0.25, 0.3) is 0 Å². The van der Waals surface area contributed by atoms with Crippen LogP contribution in [0.25, 0.3) is 0 Å². The average molecular weight is 258 g/mol. The highest BCUT2D eigenvalue weighted by atomic mass is 35.5. The fraction of sp³-hybridized carbons (Fsp3) is 0.538. The summed E-state index contributed by atoms with van der Waals surface area (Å²) in [7, 11) is 0. The van der Waals surface area contributed by atoms with Gasteiger partial charge in [0.05, 0.1) is 17.7 Å². The van der Waals surface area contributed by atoms with Crippen LogP contribution in [0.2, 0.25) is 5.02 Å². The van der Waals surface area contributed by atoms with Crippen LogP contribution in [0.5, 0.6) is 0 Å². The molecule has 0 saturated heterocycles. The first-order valence-corrected chi connectivity index (χ1v) is 6.34. The fourth-order valence-corrected chi connectivity index (χ4v) is 2.22. The third kappa shape index (κ3) is 3.66. The van der Waals surface area contributed by atoms with Crippen molar-refractivity contribution in [2.45, 2.75) is 44.4 Å². The van der Waals surface area contributed by atoms with E-state index in [1.165, 1.54) is 6.07 Å². The SMILES string of the molecule is NC1CCC(OCc2ccc(Cl)c(F)c2)CC1. The Balaban J connectivity index is 1.83. The van der Waals surface area contributed by atoms with Crippen molar-refractivity contribution >= 4 is 11.6 Å². The number of rotatable bonds is 3. The molecule has 1 aromatic rings. The number of halogens is 2. The van der Waals surface area contributed by atoms with E-state index in [-0.39, 0.29) is 11.1 Å². The predicted molar refractivity (Wildman–Crippen MR) is 66.4 cm³/mol. The quantitative estimate of drug-likeness (QED) is 0.902. The van der Waals surface area contributed by atoms with Crippen LogP contribution in [0.3, 0.4) is 0 Å². The van der Waals surface area contributed by atoms with Gasteiger partial charge in [-0.3, -0.25) is 0 Å². The molecule has 0 bridgehead atoms. The van der Waals surface area contributed by atoms with Crippen LogP contribution in [0.1, 0.15) is 31.2 Å². The minimum Gasteiger partial charge on any atom is -0.374 e. The number of hydrogen-bond acceptors (Lipinski definition) is 2. The molecule has 17 heavy (non-hydrogen) atoms. The van der Waals surface area contributed by atoms with Gasteiger partial charge in [0.1, 0.15) is 5.82 Å². The van der Waals surface area contributed by atoms with E-state index < -0.39 is 5.82 Å². The Morgan fingerprint density at radius 2 is 2.00 bits per heavy atom. The van der Waals surface area contributed by atoms with Gasteiger partial charge in [-0.15, -0.1) is 0 Å². The van der Waals surface area contributed by atoms with E-state index in [0.717, 1.165) is 31.2 Å². The Kier molecular flexibility index (Phi) is 4.37. The molecule has 0 amide bonds. The summed E-state index contributed by atoms with van der Waals surface area (Å²) < 4.78 is 18.9. The van der Waals surface area contributed by atoms with Crippen molar-refractivity contribution in [2.75, 3.05) is 0 Å². The summed E-state index contributed by atoms with van der Waals surface area (Å²) in [5, 5.41) is 0.150. The summed E-state index contributed by atoms with van der Waals surface area (Å²) in [4.78, 5) is 0. The Morgan fingerprint density at radius 1 is 1.29 bits per heavy atom. The van der Waals surface area contributed by atoms with Gasteiger partial charge in [-0.05, 0) is 43.4 Å². The molecule has 4 heteroatoms. The minimum absolute atomic E-state index is 0.150. The first kappa shape index (κ1) is 12.8. The van der Waals surface area contributed by atoms with E-state index >= 15 is 0 Å². The molecule has 2 nitrogen and oxygen atoms in total. The smallest absolute Gasteiger partial charge is 0.142 e. The van der Waals surface area contributed by atoms with Crippen LogP contribution in [-0.4, -0.2) is 12.1 Å². The zero-order valence-electron chi connectivity index (χ0n) is 9.66. The predicted octanol–water partition coefficient (Wildman–Crippen LogP) is 3.27. The van der Waals surface area contributed by atoms with Crippen LogP contribution >= 0.6 is 11.6 Å². The van der Waals surface area contributed by atoms with Gasteiger partial charge in [-0.25, -0.2) is 4.39 Å². The Labute approximate surface area is 106 Å². The third-order valence-electron chi connectivity index (χ3n) is 3.19. The summed E-state index contributed by atoms with van der Waals surface area (Å²) in [6.07, 6.45) is 4.28. The topological polar surface area (TPSA) is 35.2 Å². The molecule has 1 fully saturated rings. The highest BCUT2D eigenvalue weighted by Gasteiger charge is 2.18. The Hall–Kier alpha value is -0.640. The normalized spacial score (nSPS) is 24.9. The summed E-state index contributed by atoms with van der Waals surface area (Å²) in [6, 6.07) is 5.10. The van der Waals surface area contributed by atoms with Crippen LogP contribution in [0.4, 0.5) is 4.39 Å². The lowest BCUT2D eigenvalue weighted by Gasteiger charge is -2.26. The van der Waals surface area contributed by atoms with Gasteiger partial charge in [-0.1, -0.05) is 17.7 Å². The molecular weight excluding hydrogens is 241 g/mol. The van der Waals surface area contributed by atoms with Gasteiger partial charge in [0.2, 0.25) is 0 Å². The molecule has 0 unspecified atom stereocenters. The lowest BCUT2D eigenvalue weighted by Crippen LogP contribution is -2.30. The number of benzene rings is 1. The highest BCUT2D eigenvalue weighted by Crippen LogP contribution is 2.22. The summed E-state index contributed by atoms with van der Waals surface area (Å²) in [5.74, 6) is -0.390. The van der Waals surface area contributed by atoms with Crippen LogP contribution < -0.4 is 5.73 Å². The van der Waals surface area contributed by atoms with E-state index in [0.29, 0.717) is 12.6 Å². The maximum Gasteiger partial charge on any atom is 0.142 e. The fourth-order valence-electron chi connectivity index (χ4n) is 2.10. The first-order valence-electron chi connectivity index (χ1n) is 5.96. The molecule has 1 aliphatic carbocycles. The van der Waals surface area contributed by atoms with E-state index in [1.54, 1.807) is 12.1 Å². The number of nitrogens with two attached hydrogens (primary N) is 1. The number of hydrogen-bond donors (Lipinski definition) is 1.